The van der Waals surface area contributed by atoms with Crippen molar-refractivity contribution in [3.8, 4) is 0 Å². The fourth-order valence-electron chi connectivity index (χ4n) is 2.04. The van der Waals surface area contributed by atoms with Crippen LogP contribution in [-0.2, 0) is 10.3 Å². The van der Waals surface area contributed by atoms with Crippen LogP contribution in [0.25, 0.3) is 0 Å². The Balaban J connectivity index is 2.15. The van der Waals surface area contributed by atoms with E-state index in [9.17, 15) is 0 Å². The van der Waals surface area contributed by atoms with Gasteiger partial charge in [0.1, 0.15) is 5.60 Å². The summed E-state index contributed by atoms with van der Waals surface area (Å²) in [5.74, 6) is 1.48. The maximum atomic E-state index is 6.07. The normalized spacial score (nSPS) is 28.2. The first kappa shape index (κ1) is 12.5. The average molecular weight is 239 g/mol. The van der Waals surface area contributed by atoms with Crippen molar-refractivity contribution in [3.63, 3.8) is 0 Å². The van der Waals surface area contributed by atoms with E-state index in [4.69, 9.17) is 15.0 Å². The molecule has 1 aromatic rings. The van der Waals surface area contributed by atoms with Crippen molar-refractivity contribution >= 4 is 0 Å². The summed E-state index contributed by atoms with van der Waals surface area (Å²) in [6.07, 6.45) is 2.97. The number of nitrogens with zero attached hydrogens (tertiary/aromatic N) is 2. The summed E-state index contributed by atoms with van der Waals surface area (Å²) in [6, 6.07) is -0.189. The first-order chi connectivity index (χ1) is 8.07. The van der Waals surface area contributed by atoms with Gasteiger partial charge in [0.15, 0.2) is 0 Å². The summed E-state index contributed by atoms with van der Waals surface area (Å²) < 4.78 is 10.9. The third-order valence-corrected chi connectivity index (χ3v) is 3.68. The van der Waals surface area contributed by atoms with Crippen LogP contribution in [0.2, 0.25) is 0 Å². The molecule has 1 fully saturated rings. The Hall–Kier alpha value is -0.940. The third kappa shape index (κ3) is 2.35. The molecule has 0 radical (unpaired) electrons. The molecule has 1 aromatic heterocycles. The van der Waals surface area contributed by atoms with Crippen molar-refractivity contribution < 1.29 is 9.26 Å². The second-order valence-corrected chi connectivity index (χ2v) is 5.05. The predicted octanol–water partition coefficient (Wildman–Crippen LogP) is 2.14. The lowest BCUT2D eigenvalue weighted by molar-refractivity contribution is 0.00768. The van der Waals surface area contributed by atoms with Crippen LogP contribution in [-0.4, -0.2) is 16.7 Å². The Morgan fingerprint density at radius 3 is 2.88 bits per heavy atom. The van der Waals surface area contributed by atoms with E-state index in [1.54, 1.807) is 0 Å². The molecule has 3 unspecified atom stereocenters. The Morgan fingerprint density at radius 2 is 2.29 bits per heavy atom. The molecule has 96 valence electrons. The zero-order valence-electron chi connectivity index (χ0n) is 10.8. The van der Waals surface area contributed by atoms with Gasteiger partial charge in [0.05, 0.1) is 6.04 Å². The number of hydrogen-bond donors (Lipinski definition) is 1. The minimum Gasteiger partial charge on any atom is -0.367 e. The van der Waals surface area contributed by atoms with Crippen LogP contribution in [0.15, 0.2) is 4.52 Å². The molecule has 0 bridgehead atoms. The molecule has 1 saturated heterocycles. The van der Waals surface area contributed by atoms with Gasteiger partial charge in [-0.2, -0.15) is 4.98 Å². The minimum absolute atomic E-state index is 0.189. The monoisotopic (exact) mass is 239 g/mol. The third-order valence-electron chi connectivity index (χ3n) is 3.68. The van der Waals surface area contributed by atoms with Gasteiger partial charge >= 0.3 is 0 Å². The van der Waals surface area contributed by atoms with Crippen LogP contribution < -0.4 is 5.73 Å². The number of aromatic nitrogens is 2. The lowest BCUT2D eigenvalue weighted by atomic mass is 9.99. The van der Waals surface area contributed by atoms with Crippen LogP contribution in [0.4, 0.5) is 0 Å². The van der Waals surface area contributed by atoms with E-state index in [-0.39, 0.29) is 6.04 Å². The molecule has 0 aromatic carbocycles. The van der Waals surface area contributed by atoms with E-state index in [2.05, 4.69) is 24.0 Å². The maximum Gasteiger partial charge on any atom is 0.243 e. The first-order valence-corrected chi connectivity index (χ1v) is 6.30. The van der Waals surface area contributed by atoms with Crippen molar-refractivity contribution in [2.45, 2.75) is 51.7 Å². The molecule has 2 heterocycles. The fraction of sp³-hybridized carbons (Fsp3) is 0.833. The maximum absolute atomic E-state index is 6.07. The molecular weight excluding hydrogens is 218 g/mol. The van der Waals surface area contributed by atoms with Gasteiger partial charge in [0, 0.05) is 6.61 Å². The molecule has 5 heteroatoms. The van der Waals surface area contributed by atoms with Gasteiger partial charge in [-0.15, -0.1) is 0 Å². The summed E-state index contributed by atoms with van der Waals surface area (Å²) in [4.78, 5) is 4.41. The van der Waals surface area contributed by atoms with Gasteiger partial charge in [-0.05, 0) is 25.7 Å². The molecule has 0 spiro atoms. The van der Waals surface area contributed by atoms with Crippen LogP contribution in [0, 0.1) is 5.92 Å². The van der Waals surface area contributed by atoms with Crippen molar-refractivity contribution in [2.24, 2.45) is 11.7 Å². The highest BCUT2D eigenvalue weighted by molar-refractivity contribution is 5.03. The van der Waals surface area contributed by atoms with Gasteiger partial charge in [0.25, 0.3) is 0 Å². The highest BCUT2D eigenvalue weighted by Crippen LogP contribution is 2.34. The Bertz CT molecular complexity index is 372. The molecule has 0 saturated carbocycles. The molecule has 0 amide bonds. The van der Waals surface area contributed by atoms with Gasteiger partial charge in [-0.3, -0.25) is 0 Å². The van der Waals surface area contributed by atoms with Gasteiger partial charge in [0.2, 0.25) is 11.7 Å². The van der Waals surface area contributed by atoms with Crippen LogP contribution in [0.3, 0.4) is 0 Å². The molecule has 3 atom stereocenters. The molecule has 1 aliphatic heterocycles. The largest absolute Gasteiger partial charge is 0.367 e. The second-order valence-electron chi connectivity index (χ2n) is 5.05. The molecular formula is C12H21N3O2. The SMILES string of the molecule is CCC(C)C(N)c1nc(C2(C)CCCO2)no1. The van der Waals surface area contributed by atoms with Gasteiger partial charge in [-0.25, -0.2) is 0 Å². The summed E-state index contributed by atoms with van der Waals surface area (Å²) in [7, 11) is 0. The smallest absolute Gasteiger partial charge is 0.243 e. The summed E-state index contributed by atoms with van der Waals surface area (Å²) in [6.45, 7) is 6.95. The molecule has 2 rings (SSSR count). The van der Waals surface area contributed by atoms with Gasteiger partial charge in [-0.1, -0.05) is 25.4 Å². The van der Waals surface area contributed by atoms with Crippen molar-refractivity contribution in [1.29, 1.82) is 0 Å². The van der Waals surface area contributed by atoms with E-state index < -0.39 is 5.60 Å². The van der Waals surface area contributed by atoms with Crippen LogP contribution in [0.1, 0.15) is 57.8 Å². The Kier molecular flexibility index (Phi) is 3.49. The molecule has 1 aliphatic rings. The number of hydrogen-bond acceptors (Lipinski definition) is 5. The molecule has 0 aliphatic carbocycles. The van der Waals surface area contributed by atoms with Crippen molar-refractivity contribution in [2.75, 3.05) is 6.61 Å². The van der Waals surface area contributed by atoms with E-state index >= 15 is 0 Å². The zero-order chi connectivity index (χ0) is 12.5. The molecule has 2 N–H and O–H groups in total. The number of nitrogens with two attached hydrogens (primary N) is 1. The topological polar surface area (TPSA) is 74.2 Å². The van der Waals surface area contributed by atoms with Crippen LogP contribution in [0.5, 0.6) is 0 Å². The van der Waals surface area contributed by atoms with E-state index in [0.717, 1.165) is 25.9 Å². The predicted molar refractivity (Wildman–Crippen MR) is 63.2 cm³/mol. The molecule has 17 heavy (non-hydrogen) atoms. The average Bonchev–Trinajstić information content (AvgIpc) is 2.96. The second kappa shape index (κ2) is 4.74. The standard InChI is InChI=1S/C12H21N3O2/c1-4-8(2)9(13)10-14-11(15-17-10)12(3)6-5-7-16-12/h8-9H,4-7,13H2,1-3H3. The van der Waals surface area contributed by atoms with Crippen LogP contribution >= 0.6 is 0 Å². The lowest BCUT2D eigenvalue weighted by Gasteiger charge is -2.18. The highest BCUT2D eigenvalue weighted by atomic mass is 16.5. The molecule has 5 nitrogen and oxygen atoms in total. The minimum atomic E-state index is -0.392. The van der Waals surface area contributed by atoms with E-state index in [0.29, 0.717) is 17.6 Å². The van der Waals surface area contributed by atoms with E-state index in [1.165, 1.54) is 0 Å². The first-order valence-electron chi connectivity index (χ1n) is 6.30. The van der Waals surface area contributed by atoms with Gasteiger partial charge < -0.3 is 15.0 Å². The zero-order valence-corrected chi connectivity index (χ0v) is 10.8. The Morgan fingerprint density at radius 1 is 1.53 bits per heavy atom. The fourth-order valence-corrected chi connectivity index (χ4v) is 2.04. The van der Waals surface area contributed by atoms with Crippen molar-refractivity contribution in [3.05, 3.63) is 11.7 Å². The summed E-state index contributed by atoms with van der Waals surface area (Å²) >= 11 is 0. The quantitative estimate of drug-likeness (QED) is 0.871. The summed E-state index contributed by atoms with van der Waals surface area (Å²) in [5, 5.41) is 4.02. The highest BCUT2D eigenvalue weighted by Gasteiger charge is 2.37. The number of ether oxygens (including phenoxy) is 1. The number of rotatable bonds is 4. The lowest BCUT2D eigenvalue weighted by Crippen LogP contribution is -2.23. The van der Waals surface area contributed by atoms with E-state index in [1.807, 2.05) is 6.92 Å². The van der Waals surface area contributed by atoms with Crippen molar-refractivity contribution in [1.82, 2.24) is 10.1 Å². The summed E-state index contributed by atoms with van der Waals surface area (Å²) in [5.41, 5.74) is 5.68. The Labute approximate surface area is 102 Å².